The van der Waals surface area contributed by atoms with Crippen LogP contribution >= 0.6 is 11.3 Å². The molecule has 118 valence electrons. The normalized spacial score (nSPS) is 10.6. The van der Waals surface area contributed by atoms with Crippen molar-refractivity contribution in [2.75, 3.05) is 0 Å². The predicted molar refractivity (Wildman–Crippen MR) is 88.0 cm³/mol. The molecule has 0 bridgehead atoms. The number of furan rings is 1. The quantitative estimate of drug-likeness (QED) is 0.724. The third-order valence-corrected chi connectivity index (χ3v) is 4.26. The van der Waals surface area contributed by atoms with Gasteiger partial charge in [-0.25, -0.2) is 4.98 Å². The number of hydrogen-bond donors (Lipinski definition) is 1. The van der Waals surface area contributed by atoms with Gasteiger partial charge in [0, 0.05) is 23.7 Å². The molecule has 3 aromatic rings. The molecule has 6 heteroatoms. The first-order valence-electron chi connectivity index (χ1n) is 7.42. The van der Waals surface area contributed by atoms with Crippen LogP contribution in [0.5, 0.6) is 0 Å². The Morgan fingerprint density at radius 1 is 1.17 bits per heavy atom. The molecule has 3 rings (SSSR count). The van der Waals surface area contributed by atoms with Gasteiger partial charge >= 0.3 is 0 Å². The number of carbonyl (C=O) groups excluding carboxylic acids is 1. The first-order valence-corrected chi connectivity index (χ1v) is 8.30. The highest BCUT2D eigenvalue weighted by Gasteiger charge is 2.08. The molecule has 1 amide bonds. The first kappa shape index (κ1) is 15.4. The molecular weight excluding hydrogens is 310 g/mol. The van der Waals surface area contributed by atoms with Gasteiger partial charge < -0.3 is 9.73 Å². The van der Waals surface area contributed by atoms with Crippen molar-refractivity contribution in [3.63, 3.8) is 0 Å². The van der Waals surface area contributed by atoms with Crippen molar-refractivity contribution < 1.29 is 9.21 Å². The summed E-state index contributed by atoms with van der Waals surface area (Å²) in [6.45, 7) is 0.405. The van der Waals surface area contributed by atoms with E-state index in [1.54, 1.807) is 29.9 Å². The minimum absolute atomic E-state index is 0.0528. The molecule has 0 spiro atoms. The van der Waals surface area contributed by atoms with Gasteiger partial charge in [-0.15, -0.1) is 11.3 Å². The van der Waals surface area contributed by atoms with Crippen molar-refractivity contribution in [1.29, 1.82) is 0 Å². The van der Waals surface area contributed by atoms with E-state index in [0.29, 0.717) is 13.0 Å². The molecule has 0 unspecified atom stereocenters. The maximum absolute atomic E-state index is 11.9. The van der Waals surface area contributed by atoms with Crippen LogP contribution in [0.3, 0.4) is 0 Å². The molecular formula is C17H17N3O2S. The highest BCUT2D eigenvalue weighted by atomic mass is 32.1. The monoisotopic (exact) mass is 327 g/mol. The van der Waals surface area contributed by atoms with Crippen molar-refractivity contribution in [2.24, 2.45) is 0 Å². The van der Waals surface area contributed by atoms with E-state index in [0.717, 1.165) is 35.0 Å². The Hall–Kier alpha value is -2.47. The summed E-state index contributed by atoms with van der Waals surface area (Å²) in [6, 6.07) is 9.54. The Labute approximate surface area is 138 Å². The molecule has 0 aromatic carbocycles. The van der Waals surface area contributed by atoms with E-state index in [1.807, 2.05) is 29.6 Å². The van der Waals surface area contributed by atoms with Crippen molar-refractivity contribution >= 4 is 17.2 Å². The second kappa shape index (κ2) is 7.69. The van der Waals surface area contributed by atoms with Crippen LogP contribution in [0.25, 0.3) is 0 Å². The molecule has 3 aromatic heterocycles. The summed E-state index contributed by atoms with van der Waals surface area (Å²) in [5.41, 5.74) is 1.86. The molecule has 0 radical (unpaired) electrons. The first-order chi connectivity index (χ1) is 11.3. The number of aromatic nitrogens is 2. The summed E-state index contributed by atoms with van der Waals surface area (Å²) in [4.78, 5) is 20.7. The summed E-state index contributed by atoms with van der Waals surface area (Å²) in [5.74, 6) is 0.690. The number of nitrogens with zero attached hydrogens (tertiary/aromatic N) is 2. The third kappa shape index (κ3) is 4.75. The van der Waals surface area contributed by atoms with Crippen molar-refractivity contribution in [1.82, 2.24) is 15.3 Å². The minimum atomic E-state index is -0.0528. The van der Waals surface area contributed by atoms with Gasteiger partial charge in [0.05, 0.1) is 29.9 Å². The number of rotatable bonds is 7. The second-order valence-corrected chi connectivity index (χ2v) is 6.03. The zero-order valence-corrected chi connectivity index (χ0v) is 13.4. The van der Waals surface area contributed by atoms with Crippen molar-refractivity contribution in [3.05, 3.63) is 70.3 Å². The van der Waals surface area contributed by atoms with Gasteiger partial charge in [-0.3, -0.25) is 9.78 Å². The van der Waals surface area contributed by atoms with Crippen LogP contribution in [0.2, 0.25) is 0 Å². The molecule has 0 fully saturated rings. The van der Waals surface area contributed by atoms with Crippen LogP contribution in [0.15, 0.2) is 52.6 Å². The maximum Gasteiger partial charge on any atom is 0.226 e. The van der Waals surface area contributed by atoms with Crippen LogP contribution in [-0.2, 0) is 30.6 Å². The van der Waals surface area contributed by atoms with E-state index in [1.165, 1.54) is 0 Å². The zero-order chi connectivity index (χ0) is 15.9. The molecule has 0 aliphatic heterocycles. The topological polar surface area (TPSA) is 68.0 Å². The Balaban J connectivity index is 1.46. The zero-order valence-electron chi connectivity index (χ0n) is 12.6. The molecule has 0 atom stereocenters. The van der Waals surface area contributed by atoms with E-state index in [4.69, 9.17) is 4.42 Å². The fourth-order valence-corrected chi connectivity index (χ4v) is 2.95. The van der Waals surface area contributed by atoms with E-state index in [2.05, 4.69) is 15.3 Å². The lowest BCUT2D eigenvalue weighted by atomic mass is 10.2. The fraction of sp³-hybridized carbons (Fsp3) is 0.235. The number of nitrogens with one attached hydrogen (secondary N) is 1. The number of carbonyl (C=O) groups is 1. The van der Waals surface area contributed by atoms with Crippen LogP contribution in [-0.4, -0.2) is 15.9 Å². The Kier molecular flexibility index (Phi) is 5.16. The number of thiazole rings is 1. The van der Waals surface area contributed by atoms with Crippen LogP contribution in [0.1, 0.15) is 22.2 Å². The lowest BCUT2D eigenvalue weighted by Crippen LogP contribution is -2.24. The Morgan fingerprint density at radius 3 is 2.91 bits per heavy atom. The molecule has 5 nitrogen and oxygen atoms in total. The maximum atomic E-state index is 11.9. The van der Waals surface area contributed by atoms with Crippen molar-refractivity contribution in [3.8, 4) is 0 Å². The van der Waals surface area contributed by atoms with Gasteiger partial charge in [0.1, 0.15) is 5.76 Å². The molecule has 0 aliphatic rings. The molecule has 0 aliphatic carbocycles. The highest BCUT2D eigenvalue weighted by molar-refractivity contribution is 7.09. The SMILES string of the molecule is O=C(Cc1csc(CCc2ccccn2)n1)NCc1ccco1. The highest BCUT2D eigenvalue weighted by Crippen LogP contribution is 2.13. The van der Waals surface area contributed by atoms with E-state index < -0.39 is 0 Å². The summed E-state index contributed by atoms with van der Waals surface area (Å²) in [6.07, 6.45) is 5.39. The average Bonchev–Trinajstić information content (AvgIpc) is 3.24. The number of aryl methyl sites for hydroxylation is 2. The molecule has 0 saturated carbocycles. The summed E-state index contributed by atoms with van der Waals surface area (Å²) < 4.78 is 5.18. The summed E-state index contributed by atoms with van der Waals surface area (Å²) in [5, 5.41) is 5.80. The molecule has 23 heavy (non-hydrogen) atoms. The molecule has 1 N–H and O–H groups in total. The predicted octanol–water partition coefficient (Wildman–Crippen LogP) is 2.78. The van der Waals surface area contributed by atoms with Gasteiger partial charge in [0.2, 0.25) is 5.91 Å². The van der Waals surface area contributed by atoms with E-state index >= 15 is 0 Å². The summed E-state index contributed by atoms with van der Waals surface area (Å²) in [7, 11) is 0. The largest absolute Gasteiger partial charge is 0.467 e. The Morgan fingerprint density at radius 2 is 2.13 bits per heavy atom. The van der Waals surface area contributed by atoms with E-state index in [9.17, 15) is 4.79 Å². The van der Waals surface area contributed by atoms with Gasteiger partial charge in [0.15, 0.2) is 0 Å². The minimum Gasteiger partial charge on any atom is -0.467 e. The van der Waals surface area contributed by atoms with E-state index in [-0.39, 0.29) is 5.91 Å². The summed E-state index contributed by atoms with van der Waals surface area (Å²) >= 11 is 1.59. The van der Waals surface area contributed by atoms with Gasteiger partial charge in [-0.05, 0) is 30.7 Å². The van der Waals surface area contributed by atoms with Crippen molar-refractivity contribution in [2.45, 2.75) is 25.8 Å². The van der Waals surface area contributed by atoms with Crippen LogP contribution in [0.4, 0.5) is 0 Å². The molecule has 3 heterocycles. The second-order valence-electron chi connectivity index (χ2n) is 5.09. The van der Waals surface area contributed by atoms with Crippen LogP contribution < -0.4 is 5.32 Å². The van der Waals surface area contributed by atoms with Gasteiger partial charge in [-0.2, -0.15) is 0 Å². The van der Waals surface area contributed by atoms with Gasteiger partial charge in [-0.1, -0.05) is 6.07 Å². The molecule has 0 saturated heterocycles. The average molecular weight is 327 g/mol. The lowest BCUT2D eigenvalue weighted by Gasteiger charge is -2.01. The number of pyridine rings is 1. The van der Waals surface area contributed by atoms with Crippen LogP contribution in [0, 0.1) is 0 Å². The fourth-order valence-electron chi connectivity index (χ4n) is 2.15. The standard InChI is InChI=1S/C17H17N3O2S/c21-16(19-11-15-5-3-9-22-15)10-14-12-23-17(20-14)7-6-13-4-1-2-8-18-13/h1-5,8-9,12H,6-7,10-11H2,(H,19,21). The third-order valence-electron chi connectivity index (χ3n) is 3.30. The van der Waals surface area contributed by atoms with Gasteiger partial charge in [0.25, 0.3) is 0 Å². The smallest absolute Gasteiger partial charge is 0.226 e. The number of hydrogen-bond acceptors (Lipinski definition) is 5. The lowest BCUT2D eigenvalue weighted by molar-refractivity contribution is -0.120. The Bertz CT molecular complexity index is 738. The number of amides is 1.